The van der Waals surface area contributed by atoms with E-state index in [0.29, 0.717) is 0 Å². The molecule has 2 aromatic carbocycles. The molecule has 0 saturated heterocycles. The zero-order chi connectivity index (χ0) is 17.5. The second kappa shape index (κ2) is 8.84. The van der Waals surface area contributed by atoms with Crippen molar-refractivity contribution >= 4 is 27.5 Å². The smallest absolute Gasteiger partial charge is 0.0730 e. The highest BCUT2D eigenvalue weighted by atomic mass is 14.7. The van der Waals surface area contributed by atoms with Gasteiger partial charge in [0, 0.05) is 16.5 Å². The molecule has 0 aliphatic carbocycles. The normalized spacial score (nSPS) is 11.4. The van der Waals surface area contributed by atoms with Crippen LogP contribution in [0.25, 0.3) is 21.8 Å². The quantitative estimate of drug-likeness (QED) is 0.270. The molecule has 1 aromatic heterocycles. The maximum Gasteiger partial charge on any atom is 0.0730 e. The summed E-state index contributed by atoms with van der Waals surface area (Å²) in [7, 11) is 0. The molecule has 0 unspecified atom stereocenters. The number of pyridine rings is 1. The number of aryl methyl sites for hydroxylation is 1. The van der Waals surface area contributed by atoms with Crippen molar-refractivity contribution in [3.63, 3.8) is 0 Å². The number of rotatable bonds is 9. The summed E-state index contributed by atoms with van der Waals surface area (Å²) in [5.41, 5.74) is 10.4. The van der Waals surface area contributed by atoms with Crippen molar-refractivity contribution in [2.75, 3.05) is 5.73 Å². The second-order valence-electron chi connectivity index (χ2n) is 7.11. The average molecular weight is 335 g/mol. The molecule has 0 bridgehead atoms. The predicted octanol–water partition coefficient (Wildman–Crippen LogP) is 6.65. The Morgan fingerprint density at radius 1 is 0.760 bits per heavy atom. The monoisotopic (exact) mass is 334 g/mol. The van der Waals surface area contributed by atoms with E-state index < -0.39 is 0 Å². The van der Waals surface area contributed by atoms with Crippen LogP contribution >= 0.6 is 0 Å². The van der Waals surface area contributed by atoms with Gasteiger partial charge >= 0.3 is 0 Å². The number of hydrogen-bond donors (Lipinski definition) is 1. The highest BCUT2D eigenvalue weighted by Gasteiger charge is 2.06. The van der Waals surface area contributed by atoms with Gasteiger partial charge in [-0.25, -0.2) is 4.98 Å². The van der Waals surface area contributed by atoms with Crippen LogP contribution < -0.4 is 5.73 Å². The Morgan fingerprint density at radius 2 is 1.40 bits per heavy atom. The first-order chi connectivity index (χ1) is 12.3. The minimum atomic E-state index is 0.814. The standard InChI is InChI=1S/C23H30N2/c1-2-3-4-5-6-7-8-9-12-18-13-10-15-22-19(18)17-20-21(24)14-11-16-23(20)25-22/h10-11,13-17H,2-9,12,24H2,1H3. The fourth-order valence-corrected chi connectivity index (χ4v) is 3.63. The summed E-state index contributed by atoms with van der Waals surface area (Å²) in [4.78, 5) is 4.81. The van der Waals surface area contributed by atoms with E-state index in [1.807, 2.05) is 18.2 Å². The van der Waals surface area contributed by atoms with Crippen LogP contribution in [0, 0.1) is 0 Å². The molecule has 3 aromatic rings. The van der Waals surface area contributed by atoms with Crippen molar-refractivity contribution in [2.45, 2.75) is 64.7 Å². The summed E-state index contributed by atoms with van der Waals surface area (Å²) in [6.07, 6.45) is 12.0. The minimum absolute atomic E-state index is 0.814. The maximum atomic E-state index is 6.15. The van der Waals surface area contributed by atoms with Crippen LogP contribution in [0.15, 0.2) is 42.5 Å². The number of fused-ring (bicyclic) bond motifs is 2. The van der Waals surface area contributed by atoms with Crippen molar-refractivity contribution < 1.29 is 0 Å². The van der Waals surface area contributed by atoms with E-state index in [0.717, 1.165) is 28.5 Å². The van der Waals surface area contributed by atoms with Crippen LogP contribution in [0.3, 0.4) is 0 Å². The van der Waals surface area contributed by atoms with E-state index >= 15 is 0 Å². The number of unbranched alkanes of at least 4 members (excludes halogenated alkanes) is 7. The Labute approximate surface area is 151 Å². The van der Waals surface area contributed by atoms with Crippen LogP contribution in [-0.2, 0) is 6.42 Å². The summed E-state index contributed by atoms with van der Waals surface area (Å²) in [5.74, 6) is 0. The van der Waals surface area contributed by atoms with Crippen molar-refractivity contribution in [1.29, 1.82) is 0 Å². The number of hydrogen-bond acceptors (Lipinski definition) is 2. The van der Waals surface area contributed by atoms with E-state index in [1.54, 1.807) is 0 Å². The van der Waals surface area contributed by atoms with Gasteiger partial charge in [-0.05, 0) is 42.7 Å². The summed E-state index contributed by atoms with van der Waals surface area (Å²) >= 11 is 0. The molecule has 0 saturated carbocycles. The minimum Gasteiger partial charge on any atom is -0.398 e. The van der Waals surface area contributed by atoms with Gasteiger partial charge in [0.25, 0.3) is 0 Å². The van der Waals surface area contributed by atoms with Crippen LogP contribution in [0.4, 0.5) is 5.69 Å². The first-order valence-electron chi connectivity index (χ1n) is 9.86. The SMILES string of the molecule is CCCCCCCCCCc1cccc2nc3cccc(N)c3cc12. The largest absolute Gasteiger partial charge is 0.398 e. The zero-order valence-corrected chi connectivity index (χ0v) is 15.4. The van der Waals surface area contributed by atoms with Gasteiger partial charge in [-0.1, -0.05) is 70.1 Å². The maximum absolute atomic E-state index is 6.15. The molecule has 2 N–H and O–H groups in total. The van der Waals surface area contributed by atoms with Crippen LogP contribution in [0.5, 0.6) is 0 Å². The fraction of sp³-hybridized carbons (Fsp3) is 0.435. The lowest BCUT2D eigenvalue weighted by Gasteiger charge is -2.09. The van der Waals surface area contributed by atoms with Crippen molar-refractivity contribution in [3.8, 4) is 0 Å². The molecule has 0 aliphatic rings. The molecule has 0 spiro atoms. The molecule has 1 heterocycles. The molecule has 2 nitrogen and oxygen atoms in total. The average Bonchev–Trinajstić information content (AvgIpc) is 2.63. The number of nitrogen functional groups attached to an aromatic ring is 1. The Balaban J connectivity index is 1.64. The fourth-order valence-electron chi connectivity index (χ4n) is 3.63. The van der Waals surface area contributed by atoms with E-state index in [1.165, 1.54) is 62.3 Å². The van der Waals surface area contributed by atoms with Gasteiger partial charge in [0.05, 0.1) is 11.0 Å². The molecule has 2 heteroatoms. The third-order valence-electron chi connectivity index (χ3n) is 5.12. The molecule has 3 rings (SSSR count). The van der Waals surface area contributed by atoms with Crippen molar-refractivity contribution in [2.24, 2.45) is 0 Å². The predicted molar refractivity (Wildman–Crippen MR) is 110 cm³/mol. The van der Waals surface area contributed by atoms with E-state index in [4.69, 9.17) is 10.7 Å². The molecule has 0 amide bonds. The van der Waals surface area contributed by atoms with Crippen molar-refractivity contribution in [3.05, 3.63) is 48.0 Å². The van der Waals surface area contributed by atoms with Gasteiger partial charge in [-0.2, -0.15) is 0 Å². The summed E-state index contributed by atoms with van der Waals surface area (Å²) < 4.78 is 0. The Morgan fingerprint density at radius 3 is 2.16 bits per heavy atom. The van der Waals surface area contributed by atoms with Crippen LogP contribution in [0.2, 0.25) is 0 Å². The highest BCUT2D eigenvalue weighted by Crippen LogP contribution is 2.27. The first kappa shape index (κ1) is 17.7. The topological polar surface area (TPSA) is 38.9 Å². The Kier molecular flexibility index (Phi) is 6.27. The number of aromatic nitrogens is 1. The summed E-state index contributed by atoms with van der Waals surface area (Å²) in [6.45, 7) is 2.27. The summed E-state index contributed by atoms with van der Waals surface area (Å²) in [6, 6.07) is 14.7. The lowest BCUT2D eigenvalue weighted by atomic mass is 9.99. The second-order valence-corrected chi connectivity index (χ2v) is 7.11. The lowest BCUT2D eigenvalue weighted by Crippen LogP contribution is -1.93. The highest BCUT2D eigenvalue weighted by molar-refractivity contribution is 5.99. The van der Waals surface area contributed by atoms with Gasteiger partial charge in [0.1, 0.15) is 0 Å². The molecule has 0 atom stereocenters. The van der Waals surface area contributed by atoms with Gasteiger partial charge < -0.3 is 5.73 Å². The Hall–Kier alpha value is -2.09. The van der Waals surface area contributed by atoms with Gasteiger partial charge in [-0.3, -0.25) is 0 Å². The van der Waals surface area contributed by atoms with E-state index in [-0.39, 0.29) is 0 Å². The molecule has 0 aliphatic heterocycles. The molecular formula is C23H30N2. The van der Waals surface area contributed by atoms with Gasteiger partial charge in [0.2, 0.25) is 0 Å². The first-order valence-corrected chi connectivity index (χ1v) is 9.86. The third kappa shape index (κ3) is 4.50. The molecular weight excluding hydrogens is 304 g/mol. The van der Waals surface area contributed by atoms with E-state index in [2.05, 4.69) is 31.2 Å². The molecule has 132 valence electrons. The van der Waals surface area contributed by atoms with E-state index in [9.17, 15) is 0 Å². The lowest BCUT2D eigenvalue weighted by molar-refractivity contribution is 0.576. The number of anilines is 1. The Bertz CT molecular complexity index is 823. The number of benzene rings is 2. The van der Waals surface area contributed by atoms with Gasteiger partial charge in [0.15, 0.2) is 0 Å². The van der Waals surface area contributed by atoms with Crippen molar-refractivity contribution in [1.82, 2.24) is 4.98 Å². The molecule has 0 fully saturated rings. The molecule has 0 radical (unpaired) electrons. The third-order valence-corrected chi connectivity index (χ3v) is 5.12. The molecule has 25 heavy (non-hydrogen) atoms. The van der Waals surface area contributed by atoms with Gasteiger partial charge in [-0.15, -0.1) is 0 Å². The number of nitrogens with two attached hydrogens (primary N) is 1. The van der Waals surface area contributed by atoms with Crippen LogP contribution in [-0.4, -0.2) is 4.98 Å². The number of nitrogens with zero attached hydrogens (tertiary/aromatic N) is 1. The van der Waals surface area contributed by atoms with Crippen LogP contribution in [0.1, 0.15) is 63.9 Å². The zero-order valence-electron chi connectivity index (χ0n) is 15.4. The summed E-state index contributed by atoms with van der Waals surface area (Å²) in [5, 5.41) is 2.33.